The van der Waals surface area contributed by atoms with Gasteiger partial charge in [-0.3, -0.25) is 0 Å². The fourth-order valence-corrected chi connectivity index (χ4v) is 2.05. The van der Waals surface area contributed by atoms with Crippen molar-refractivity contribution in [2.75, 3.05) is 18.5 Å². The van der Waals surface area contributed by atoms with Crippen molar-refractivity contribution in [3.8, 4) is 0 Å². The van der Waals surface area contributed by atoms with Crippen molar-refractivity contribution in [2.45, 2.75) is 45.1 Å². The molecule has 0 amide bonds. The third-order valence-electron chi connectivity index (χ3n) is 2.90. The summed E-state index contributed by atoms with van der Waals surface area (Å²) >= 11 is 6.03. The first-order valence-electron chi connectivity index (χ1n) is 6.36. The maximum atomic E-state index is 6.03. The van der Waals surface area contributed by atoms with E-state index in [-0.39, 0.29) is 11.5 Å². The van der Waals surface area contributed by atoms with Crippen LogP contribution in [-0.2, 0) is 10.2 Å². The number of aromatic nitrogens is 2. The molecule has 4 nitrogen and oxygen atoms in total. The number of hydrogen-bond donors (Lipinski definition) is 1. The lowest BCUT2D eigenvalue weighted by Crippen LogP contribution is -2.21. The van der Waals surface area contributed by atoms with E-state index < -0.39 is 0 Å². The topological polar surface area (TPSA) is 47.0 Å². The summed E-state index contributed by atoms with van der Waals surface area (Å²) in [6.45, 7) is 7.86. The Kier molecular flexibility index (Phi) is 4.07. The molecule has 0 saturated carbocycles. The van der Waals surface area contributed by atoms with E-state index in [1.54, 1.807) is 6.07 Å². The molecule has 2 heterocycles. The predicted octanol–water partition coefficient (Wildman–Crippen LogP) is 3.02. The highest BCUT2D eigenvalue weighted by Gasteiger charge is 2.20. The molecule has 1 aromatic heterocycles. The summed E-state index contributed by atoms with van der Waals surface area (Å²) in [7, 11) is 0. The zero-order valence-corrected chi connectivity index (χ0v) is 11.9. The molecule has 1 aliphatic rings. The largest absolute Gasteiger partial charge is 0.376 e. The van der Waals surface area contributed by atoms with E-state index >= 15 is 0 Å². The quantitative estimate of drug-likeness (QED) is 0.857. The molecule has 1 saturated heterocycles. The van der Waals surface area contributed by atoms with Crippen LogP contribution in [0.15, 0.2) is 6.07 Å². The molecule has 1 N–H and O–H groups in total. The van der Waals surface area contributed by atoms with Crippen molar-refractivity contribution < 1.29 is 4.74 Å². The number of nitrogens with one attached hydrogen (secondary N) is 1. The number of halogens is 1. The highest BCUT2D eigenvalue weighted by molar-refractivity contribution is 6.29. The van der Waals surface area contributed by atoms with Crippen LogP contribution < -0.4 is 5.32 Å². The van der Waals surface area contributed by atoms with Crippen LogP contribution in [0.5, 0.6) is 0 Å². The minimum Gasteiger partial charge on any atom is -0.376 e. The summed E-state index contributed by atoms with van der Waals surface area (Å²) < 4.78 is 5.56. The lowest BCUT2D eigenvalue weighted by atomic mass is 9.96. The third-order valence-corrected chi connectivity index (χ3v) is 3.09. The molecule has 1 aromatic rings. The minimum atomic E-state index is -0.106. The van der Waals surface area contributed by atoms with E-state index in [0.717, 1.165) is 37.6 Å². The van der Waals surface area contributed by atoms with Gasteiger partial charge in [0.15, 0.2) is 0 Å². The maximum absolute atomic E-state index is 6.03. The fourth-order valence-electron chi connectivity index (χ4n) is 1.87. The smallest absolute Gasteiger partial charge is 0.137 e. The Balaban J connectivity index is 2.05. The van der Waals surface area contributed by atoms with Gasteiger partial charge >= 0.3 is 0 Å². The van der Waals surface area contributed by atoms with Crippen LogP contribution >= 0.6 is 11.6 Å². The second-order valence-electron chi connectivity index (χ2n) is 5.67. The molecule has 0 radical (unpaired) electrons. The number of anilines is 1. The van der Waals surface area contributed by atoms with Crippen LogP contribution in [0, 0.1) is 0 Å². The molecule has 5 heteroatoms. The van der Waals surface area contributed by atoms with E-state index in [1.165, 1.54) is 0 Å². The van der Waals surface area contributed by atoms with Gasteiger partial charge in [-0.1, -0.05) is 32.4 Å². The minimum absolute atomic E-state index is 0.106. The first-order chi connectivity index (χ1) is 8.45. The second kappa shape index (κ2) is 5.41. The van der Waals surface area contributed by atoms with Crippen LogP contribution in [0.25, 0.3) is 0 Å². The molecule has 1 atom stereocenters. The first kappa shape index (κ1) is 13.6. The van der Waals surface area contributed by atoms with E-state index in [2.05, 4.69) is 36.1 Å². The highest BCUT2D eigenvalue weighted by Crippen LogP contribution is 2.22. The Morgan fingerprint density at radius 2 is 2.22 bits per heavy atom. The molecule has 100 valence electrons. The Bertz CT molecular complexity index is 411. The SMILES string of the molecule is CC(C)(C)c1nc(Cl)cc(NCC2CCCO2)n1. The van der Waals surface area contributed by atoms with E-state index in [9.17, 15) is 0 Å². The zero-order valence-electron chi connectivity index (χ0n) is 11.2. The van der Waals surface area contributed by atoms with E-state index in [4.69, 9.17) is 16.3 Å². The second-order valence-corrected chi connectivity index (χ2v) is 6.05. The van der Waals surface area contributed by atoms with Gasteiger partial charge in [0, 0.05) is 24.6 Å². The highest BCUT2D eigenvalue weighted by atomic mass is 35.5. The predicted molar refractivity (Wildman–Crippen MR) is 73.2 cm³/mol. The molecular formula is C13H20ClN3O. The summed E-state index contributed by atoms with van der Waals surface area (Å²) in [4.78, 5) is 8.77. The molecule has 18 heavy (non-hydrogen) atoms. The summed E-state index contributed by atoms with van der Waals surface area (Å²) in [6.07, 6.45) is 2.54. The van der Waals surface area contributed by atoms with Gasteiger partial charge in [0.1, 0.15) is 16.8 Å². The van der Waals surface area contributed by atoms with E-state index in [1.807, 2.05) is 0 Å². The molecule has 0 aliphatic carbocycles. The molecule has 0 aromatic carbocycles. The number of hydrogen-bond acceptors (Lipinski definition) is 4. The van der Waals surface area contributed by atoms with Crippen molar-refractivity contribution in [3.05, 3.63) is 17.0 Å². The first-order valence-corrected chi connectivity index (χ1v) is 6.73. The monoisotopic (exact) mass is 269 g/mol. The van der Waals surface area contributed by atoms with Crippen LogP contribution in [0.1, 0.15) is 39.4 Å². The lowest BCUT2D eigenvalue weighted by Gasteiger charge is -2.18. The number of rotatable bonds is 3. The summed E-state index contributed by atoms with van der Waals surface area (Å²) in [6, 6.07) is 1.76. The van der Waals surface area contributed by atoms with Crippen LogP contribution in [0.4, 0.5) is 5.82 Å². The van der Waals surface area contributed by atoms with Gasteiger partial charge in [0.05, 0.1) is 6.10 Å². The van der Waals surface area contributed by atoms with Gasteiger partial charge < -0.3 is 10.1 Å². The summed E-state index contributed by atoms with van der Waals surface area (Å²) in [5.74, 6) is 1.53. The zero-order chi connectivity index (χ0) is 13.2. The van der Waals surface area contributed by atoms with Gasteiger partial charge in [-0.25, -0.2) is 9.97 Å². The van der Waals surface area contributed by atoms with Crippen LogP contribution in [-0.4, -0.2) is 29.2 Å². The Morgan fingerprint density at radius 3 is 2.83 bits per heavy atom. The summed E-state index contributed by atoms with van der Waals surface area (Å²) in [5, 5.41) is 3.76. The van der Waals surface area contributed by atoms with Crippen molar-refractivity contribution in [1.82, 2.24) is 9.97 Å². The van der Waals surface area contributed by atoms with Crippen molar-refractivity contribution >= 4 is 17.4 Å². The van der Waals surface area contributed by atoms with Gasteiger partial charge in [-0.2, -0.15) is 0 Å². The van der Waals surface area contributed by atoms with Crippen LogP contribution in [0.2, 0.25) is 5.15 Å². The Hall–Kier alpha value is -0.870. The number of ether oxygens (including phenoxy) is 1. The van der Waals surface area contributed by atoms with E-state index in [0.29, 0.717) is 5.15 Å². The maximum Gasteiger partial charge on any atom is 0.137 e. The molecular weight excluding hydrogens is 250 g/mol. The Morgan fingerprint density at radius 1 is 1.44 bits per heavy atom. The van der Waals surface area contributed by atoms with Gasteiger partial charge in [-0.05, 0) is 12.8 Å². The normalized spacial score (nSPS) is 20.1. The van der Waals surface area contributed by atoms with Crippen LogP contribution in [0.3, 0.4) is 0 Å². The standard InChI is InChI=1S/C13H20ClN3O/c1-13(2,3)12-16-10(14)7-11(17-12)15-8-9-5-4-6-18-9/h7,9H,4-6,8H2,1-3H3,(H,15,16,17). The average molecular weight is 270 g/mol. The molecule has 1 aliphatic heterocycles. The van der Waals surface area contributed by atoms with Crippen molar-refractivity contribution in [2.24, 2.45) is 0 Å². The number of nitrogens with zero attached hydrogens (tertiary/aromatic N) is 2. The average Bonchev–Trinajstić information content (AvgIpc) is 2.77. The molecule has 2 rings (SSSR count). The van der Waals surface area contributed by atoms with Crippen molar-refractivity contribution in [1.29, 1.82) is 0 Å². The molecule has 0 bridgehead atoms. The molecule has 1 unspecified atom stereocenters. The fraction of sp³-hybridized carbons (Fsp3) is 0.692. The molecule has 1 fully saturated rings. The lowest BCUT2D eigenvalue weighted by molar-refractivity contribution is 0.120. The Labute approximate surface area is 113 Å². The van der Waals surface area contributed by atoms with Gasteiger partial charge in [0.25, 0.3) is 0 Å². The van der Waals surface area contributed by atoms with Gasteiger partial charge in [-0.15, -0.1) is 0 Å². The molecule has 0 spiro atoms. The van der Waals surface area contributed by atoms with Gasteiger partial charge in [0.2, 0.25) is 0 Å². The summed E-state index contributed by atoms with van der Waals surface area (Å²) in [5.41, 5.74) is -0.106. The third kappa shape index (κ3) is 3.56. The van der Waals surface area contributed by atoms with Crippen molar-refractivity contribution in [3.63, 3.8) is 0 Å².